The topological polar surface area (TPSA) is 534 Å². The normalized spacial score (nSPS) is 11.7. The van der Waals surface area contributed by atoms with Gasteiger partial charge >= 0.3 is 23.9 Å². The van der Waals surface area contributed by atoms with Crippen molar-refractivity contribution in [3.8, 4) is 23.0 Å². The molecule has 10 heterocycles. The molecule has 0 saturated heterocycles. The Hall–Kier alpha value is -12.4. The van der Waals surface area contributed by atoms with Crippen LogP contribution in [0.3, 0.4) is 0 Å². The molecule has 0 amide bonds. The molecule has 12 rings (SSSR count). The molecule has 82 heavy (non-hydrogen) atoms. The lowest BCUT2D eigenvalue weighted by molar-refractivity contribution is 0.0581. The lowest BCUT2D eigenvalue weighted by Gasteiger charge is -2.03. The number of hydrogen-bond acceptors (Lipinski definition) is 34. The highest BCUT2D eigenvalue weighted by atomic mass is 16.5. The van der Waals surface area contributed by atoms with Crippen LogP contribution in [0.1, 0.15) is 108 Å². The highest BCUT2D eigenvalue weighted by Gasteiger charge is 2.31. The third kappa shape index (κ3) is 12.7. The summed E-state index contributed by atoms with van der Waals surface area (Å²) in [7, 11) is 2.40. The monoisotopic (exact) mass is 1120 g/mol. The average Bonchev–Trinajstić information content (AvgIpc) is 3.99. The summed E-state index contributed by atoms with van der Waals surface area (Å²) in [4.78, 5) is 125. The van der Waals surface area contributed by atoms with Crippen molar-refractivity contribution in [2.45, 2.75) is 26.7 Å². The van der Waals surface area contributed by atoms with E-state index in [1.165, 1.54) is 51.7 Å². The van der Waals surface area contributed by atoms with Gasteiger partial charge in [-0.25, -0.2) is 64.0 Å². The Bertz CT molecular complexity index is 4100. The number of fused-ring (bicyclic) bond motifs is 6. The summed E-state index contributed by atoms with van der Waals surface area (Å²) in [6, 6.07) is 1.78. The number of ketones is 4. The summed E-state index contributed by atoms with van der Waals surface area (Å²) < 4.78 is 8.90. The number of rotatable bonds is 4. The van der Waals surface area contributed by atoms with Gasteiger partial charge in [0.1, 0.15) is 64.6 Å². The smallest absolute Gasteiger partial charge is 0.360 e. The van der Waals surface area contributed by atoms with Crippen molar-refractivity contribution < 1.29 is 78.5 Å². The van der Waals surface area contributed by atoms with Gasteiger partial charge in [-0.05, 0) is 25.5 Å². The molecule has 0 spiro atoms. The standard InChI is InChI=1S/C10H8N2O3.C9H8N4O3.C8H6N4O3.C7H4N4O3.2C6H3N3O2/c1-5-2-6-4-12-8(10(14)15)9(13)7(6)11-3-5;1-4-11-5-3-10-7(9(15)16-2)8(14)6(5)13-12-4;1-15-8(14)6-7(13)5-4(2-9-6)10-3-11-12-5;12-6-4-3(9-2-10-11-4)1-8-5(6)7(13)14;2*10-3-1-4(11)6-5(3)7-2-8-9-6/h2-4,13H,1H3,(H,14,15);3,14H,1-2H3;2-3,13H,1H3;1-2,12H,(H,13,14);2*2H,1H2. The minimum absolute atomic E-state index is 0.0277. The molecule has 0 saturated carbocycles. The van der Waals surface area contributed by atoms with Gasteiger partial charge < -0.3 is 40.1 Å². The van der Waals surface area contributed by atoms with E-state index in [1.54, 1.807) is 19.2 Å². The number of carbonyl (C=O) groups is 8. The molecule has 412 valence electrons. The molecule has 0 aliphatic heterocycles. The number of aromatic nitrogens is 20. The van der Waals surface area contributed by atoms with E-state index < -0.39 is 35.3 Å². The molecule has 0 bridgehead atoms. The molecule has 0 atom stereocenters. The van der Waals surface area contributed by atoms with E-state index in [1.807, 2.05) is 6.92 Å². The first-order valence-electron chi connectivity index (χ1n) is 22.3. The zero-order chi connectivity index (χ0) is 59.4. The van der Waals surface area contributed by atoms with Crippen molar-refractivity contribution >= 4 is 91.0 Å². The lowest BCUT2D eigenvalue weighted by atomic mass is 10.2. The Labute approximate surface area is 452 Å². The zero-order valence-corrected chi connectivity index (χ0v) is 41.9. The van der Waals surface area contributed by atoms with Crippen molar-refractivity contribution in [2.24, 2.45) is 0 Å². The molecule has 0 radical (unpaired) electrons. The van der Waals surface area contributed by atoms with Gasteiger partial charge in [0.2, 0.25) is 0 Å². The zero-order valence-electron chi connectivity index (χ0n) is 41.9. The largest absolute Gasteiger partial charge is 0.504 e. The Morgan fingerprint density at radius 1 is 0.427 bits per heavy atom. The number of Topliss-reactive ketones (excluding diaryl/α,β-unsaturated/α-hetero) is 4. The van der Waals surface area contributed by atoms with Crippen LogP contribution < -0.4 is 0 Å². The predicted octanol–water partition coefficient (Wildman–Crippen LogP) is 0.579. The number of esters is 2. The van der Waals surface area contributed by atoms with Gasteiger partial charge in [-0.1, -0.05) is 0 Å². The Kier molecular flexibility index (Phi) is 17.6. The fourth-order valence-corrected chi connectivity index (χ4v) is 6.64. The number of nitrogens with zero attached hydrogens (tertiary/aromatic N) is 20. The van der Waals surface area contributed by atoms with Crippen molar-refractivity contribution in [1.82, 2.24) is 101 Å². The second-order valence-electron chi connectivity index (χ2n) is 15.7. The fourth-order valence-electron chi connectivity index (χ4n) is 6.64. The molecule has 10 aromatic rings. The van der Waals surface area contributed by atoms with Crippen molar-refractivity contribution in [1.29, 1.82) is 0 Å². The van der Waals surface area contributed by atoms with Gasteiger partial charge in [-0.3, -0.25) is 24.2 Å². The van der Waals surface area contributed by atoms with Gasteiger partial charge in [0, 0.05) is 17.8 Å². The molecule has 2 aliphatic rings. The summed E-state index contributed by atoms with van der Waals surface area (Å²) in [5.74, 6) is -6.36. The molecule has 0 fully saturated rings. The Balaban J connectivity index is 0.000000142. The highest BCUT2D eigenvalue weighted by molar-refractivity contribution is 6.22. The average molecular weight is 1120 g/mol. The van der Waals surface area contributed by atoms with Gasteiger partial charge in [-0.15, -0.1) is 51.0 Å². The van der Waals surface area contributed by atoms with E-state index in [-0.39, 0.29) is 115 Å². The minimum atomic E-state index is -1.32. The first-order chi connectivity index (χ1) is 39.2. The molecule has 10 aromatic heterocycles. The Morgan fingerprint density at radius 2 is 0.817 bits per heavy atom. The third-order valence-corrected chi connectivity index (χ3v) is 10.3. The number of aromatic hydroxyl groups is 4. The molecular weight excluding hydrogens is 1090 g/mol. The molecule has 36 heteroatoms. The van der Waals surface area contributed by atoms with Gasteiger partial charge in [-0.2, -0.15) is 0 Å². The summed E-state index contributed by atoms with van der Waals surface area (Å²) in [6.07, 6.45) is 11.3. The molecule has 6 N–H and O–H groups in total. The van der Waals surface area contributed by atoms with E-state index in [9.17, 15) is 58.8 Å². The van der Waals surface area contributed by atoms with E-state index in [4.69, 9.17) is 10.2 Å². The van der Waals surface area contributed by atoms with Crippen molar-refractivity contribution in [2.75, 3.05) is 14.2 Å². The maximum Gasteiger partial charge on any atom is 0.360 e. The first-order valence-corrected chi connectivity index (χ1v) is 22.3. The number of aromatic carboxylic acids is 2. The van der Waals surface area contributed by atoms with Crippen molar-refractivity contribution in [3.05, 3.63) is 119 Å². The van der Waals surface area contributed by atoms with Crippen LogP contribution in [-0.2, 0) is 9.47 Å². The first kappa shape index (κ1) is 57.3. The van der Waals surface area contributed by atoms with Crippen LogP contribution in [0, 0.1) is 13.8 Å². The van der Waals surface area contributed by atoms with Crippen LogP contribution in [-0.4, -0.2) is 193 Å². The number of carbonyl (C=O) groups excluding carboxylic acids is 6. The minimum Gasteiger partial charge on any atom is -0.504 e. The molecule has 0 aromatic carbocycles. The summed E-state index contributed by atoms with van der Waals surface area (Å²) in [6.45, 7) is 3.52. The maximum absolute atomic E-state index is 11.2. The van der Waals surface area contributed by atoms with Crippen LogP contribution in [0.2, 0.25) is 0 Å². The van der Waals surface area contributed by atoms with Crippen LogP contribution in [0.5, 0.6) is 23.0 Å². The number of aryl methyl sites for hydroxylation is 2. The van der Waals surface area contributed by atoms with E-state index in [2.05, 4.69) is 110 Å². The number of carboxylic acid groups (broad SMARTS) is 2. The second kappa shape index (κ2) is 25.2. The van der Waals surface area contributed by atoms with Gasteiger partial charge in [0.15, 0.2) is 96.8 Å². The predicted molar refractivity (Wildman–Crippen MR) is 264 cm³/mol. The molecule has 2 aliphatic carbocycles. The Morgan fingerprint density at radius 3 is 1.28 bits per heavy atom. The van der Waals surface area contributed by atoms with E-state index in [0.29, 0.717) is 27.8 Å². The van der Waals surface area contributed by atoms with Gasteiger partial charge in [0.25, 0.3) is 0 Å². The van der Waals surface area contributed by atoms with Crippen LogP contribution in [0.25, 0.3) is 44.0 Å². The van der Waals surface area contributed by atoms with Crippen LogP contribution >= 0.6 is 0 Å². The lowest BCUT2D eigenvalue weighted by Crippen LogP contribution is -2.06. The second-order valence-corrected chi connectivity index (χ2v) is 15.7. The van der Waals surface area contributed by atoms with Crippen molar-refractivity contribution in [3.63, 3.8) is 0 Å². The molecule has 36 nitrogen and oxygen atoms in total. The number of ether oxygens (including phenoxy) is 2. The summed E-state index contributed by atoms with van der Waals surface area (Å²) in [5, 5.41) is 91.8. The molecule has 0 unspecified atom stereocenters. The molecular formula is C46H32N20O16. The number of hydrogen-bond donors (Lipinski definition) is 6. The summed E-state index contributed by atoms with van der Waals surface area (Å²) >= 11 is 0. The fraction of sp³-hybridized carbons (Fsp3) is 0.130. The maximum atomic E-state index is 11.2. The number of pyridine rings is 5. The quantitative estimate of drug-likeness (QED) is 0.104. The van der Waals surface area contributed by atoms with Crippen LogP contribution in [0.4, 0.5) is 0 Å². The van der Waals surface area contributed by atoms with Crippen LogP contribution in [0.15, 0.2) is 62.4 Å². The van der Waals surface area contributed by atoms with E-state index in [0.717, 1.165) is 18.2 Å². The SMILES string of the molecule is COC(=O)c1ncc2nc(C)nnc2c1O.COC(=O)c1ncc2ncnnc2c1O.Cc1cnc2c(O)c(C(=O)O)ncc2c1.O=C(O)c1ncc2ncnnc2c1O.O=C1CC(=O)c2nncnc21.O=C1CC(=O)c2nncnc21. The number of methoxy groups -OCH3 is 2. The summed E-state index contributed by atoms with van der Waals surface area (Å²) in [5.41, 5.74) is 1.77. The number of carboxylic acids is 2. The highest BCUT2D eigenvalue weighted by Crippen LogP contribution is 2.27. The third-order valence-electron chi connectivity index (χ3n) is 10.3. The van der Waals surface area contributed by atoms with E-state index >= 15 is 0 Å². The van der Waals surface area contributed by atoms with Gasteiger partial charge in [0.05, 0.1) is 45.7 Å².